The lowest BCUT2D eigenvalue weighted by molar-refractivity contribution is -0.0510. The fourth-order valence-electron chi connectivity index (χ4n) is 2.65. The molecule has 3 rings (SSSR count). The maximum absolute atomic E-state index is 9.78. The molecule has 0 aliphatic heterocycles. The SMILES string of the molecule is CC1(C)C(O)CC1Nc1ccc2cc(Br)ccc2c1. The maximum Gasteiger partial charge on any atom is 0.0630 e. The number of hydrogen-bond donors (Lipinski definition) is 2. The highest BCUT2D eigenvalue weighted by Gasteiger charge is 2.47. The minimum Gasteiger partial charge on any atom is -0.392 e. The summed E-state index contributed by atoms with van der Waals surface area (Å²) in [7, 11) is 0. The third kappa shape index (κ3) is 2.26. The Morgan fingerprint density at radius 1 is 1.16 bits per heavy atom. The van der Waals surface area contributed by atoms with E-state index in [1.807, 2.05) is 0 Å². The Labute approximate surface area is 122 Å². The molecule has 19 heavy (non-hydrogen) atoms. The summed E-state index contributed by atoms with van der Waals surface area (Å²) in [4.78, 5) is 0. The van der Waals surface area contributed by atoms with Gasteiger partial charge >= 0.3 is 0 Å². The molecule has 0 aromatic heterocycles. The molecule has 1 saturated carbocycles. The molecule has 0 heterocycles. The Bertz CT molecular complexity index is 623. The summed E-state index contributed by atoms with van der Waals surface area (Å²) in [5, 5.41) is 15.8. The zero-order valence-corrected chi connectivity index (χ0v) is 12.7. The van der Waals surface area contributed by atoms with Crippen LogP contribution in [0.25, 0.3) is 10.8 Å². The van der Waals surface area contributed by atoms with Gasteiger partial charge < -0.3 is 10.4 Å². The van der Waals surface area contributed by atoms with Crippen LogP contribution in [0.3, 0.4) is 0 Å². The summed E-state index contributed by atoms with van der Waals surface area (Å²) in [6, 6.07) is 13.0. The highest BCUT2D eigenvalue weighted by molar-refractivity contribution is 9.10. The largest absolute Gasteiger partial charge is 0.392 e. The van der Waals surface area contributed by atoms with Crippen LogP contribution in [0, 0.1) is 5.41 Å². The van der Waals surface area contributed by atoms with Gasteiger partial charge in [0.05, 0.1) is 6.10 Å². The first-order valence-electron chi connectivity index (χ1n) is 6.61. The van der Waals surface area contributed by atoms with Gasteiger partial charge in [0.25, 0.3) is 0 Å². The molecule has 2 aromatic rings. The number of anilines is 1. The van der Waals surface area contributed by atoms with Crippen molar-refractivity contribution >= 4 is 32.4 Å². The van der Waals surface area contributed by atoms with Crippen LogP contribution in [0.2, 0.25) is 0 Å². The lowest BCUT2D eigenvalue weighted by Crippen LogP contribution is -2.56. The maximum atomic E-state index is 9.78. The van der Waals surface area contributed by atoms with Crippen LogP contribution in [-0.4, -0.2) is 17.3 Å². The van der Waals surface area contributed by atoms with Crippen molar-refractivity contribution in [1.29, 1.82) is 0 Å². The number of halogens is 1. The van der Waals surface area contributed by atoms with Crippen molar-refractivity contribution in [3.05, 3.63) is 40.9 Å². The lowest BCUT2D eigenvalue weighted by atomic mass is 9.64. The van der Waals surface area contributed by atoms with Crippen LogP contribution in [0.4, 0.5) is 5.69 Å². The fourth-order valence-corrected chi connectivity index (χ4v) is 3.03. The van der Waals surface area contributed by atoms with Gasteiger partial charge in [0.1, 0.15) is 0 Å². The monoisotopic (exact) mass is 319 g/mol. The first-order valence-corrected chi connectivity index (χ1v) is 7.40. The normalized spacial score (nSPS) is 25.1. The molecule has 2 atom stereocenters. The van der Waals surface area contributed by atoms with Crippen molar-refractivity contribution in [1.82, 2.24) is 0 Å². The van der Waals surface area contributed by atoms with Crippen molar-refractivity contribution in [2.45, 2.75) is 32.4 Å². The predicted octanol–water partition coefficient (Wildman–Crippen LogP) is 4.17. The molecule has 0 spiro atoms. The molecule has 1 fully saturated rings. The third-order valence-corrected chi connectivity index (χ3v) is 4.85. The standard InChI is InChI=1S/C16H18BrNO/c1-16(2)14(9-15(16)19)18-13-6-4-10-7-12(17)5-3-11(10)8-13/h3-8,14-15,18-19H,9H2,1-2H3. The molecule has 0 radical (unpaired) electrons. The zero-order valence-electron chi connectivity index (χ0n) is 11.2. The van der Waals surface area contributed by atoms with Crippen molar-refractivity contribution in [3.8, 4) is 0 Å². The number of benzene rings is 2. The Morgan fingerprint density at radius 2 is 1.84 bits per heavy atom. The van der Waals surface area contributed by atoms with Crippen molar-refractivity contribution < 1.29 is 5.11 Å². The number of fused-ring (bicyclic) bond motifs is 1. The molecule has 100 valence electrons. The van der Waals surface area contributed by atoms with Gasteiger partial charge in [-0.05, 0) is 41.5 Å². The highest BCUT2D eigenvalue weighted by Crippen LogP contribution is 2.42. The molecule has 0 bridgehead atoms. The van der Waals surface area contributed by atoms with Gasteiger partial charge in [-0.2, -0.15) is 0 Å². The van der Waals surface area contributed by atoms with E-state index in [9.17, 15) is 5.11 Å². The van der Waals surface area contributed by atoms with Crippen LogP contribution in [-0.2, 0) is 0 Å². The van der Waals surface area contributed by atoms with E-state index in [0.29, 0.717) is 6.04 Å². The molecule has 2 N–H and O–H groups in total. The van der Waals surface area contributed by atoms with Crippen LogP contribution in [0.15, 0.2) is 40.9 Å². The first kappa shape index (κ1) is 12.9. The summed E-state index contributed by atoms with van der Waals surface area (Å²) in [5.74, 6) is 0. The van der Waals surface area contributed by atoms with E-state index in [-0.39, 0.29) is 11.5 Å². The number of aliphatic hydroxyl groups is 1. The van der Waals surface area contributed by atoms with Crippen LogP contribution < -0.4 is 5.32 Å². The number of nitrogens with one attached hydrogen (secondary N) is 1. The van der Waals surface area contributed by atoms with Crippen molar-refractivity contribution in [2.24, 2.45) is 5.41 Å². The smallest absolute Gasteiger partial charge is 0.0630 e. The average molecular weight is 320 g/mol. The van der Waals surface area contributed by atoms with Crippen molar-refractivity contribution in [3.63, 3.8) is 0 Å². The van der Waals surface area contributed by atoms with Gasteiger partial charge in [-0.25, -0.2) is 0 Å². The second kappa shape index (κ2) is 4.50. The molecular weight excluding hydrogens is 302 g/mol. The Kier molecular flexibility index (Phi) is 3.06. The Morgan fingerprint density at radius 3 is 2.53 bits per heavy atom. The summed E-state index contributed by atoms with van der Waals surface area (Å²) >= 11 is 3.49. The van der Waals surface area contributed by atoms with E-state index in [1.165, 1.54) is 10.8 Å². The van der Waals surface area contributed by atoms with Gasteiger partial charge in [0.2, 0.25) is 0 Å². The van der Waals surface area contributed by atoms with Crippen molar-refractivity contribution in [2.75, 3.05) is 5.32 Å². The molecule has 3 heteroatoms. The molecule has 0 saturated heterocycles. The molecule has 2 nitrogen and oxygen atoms in total. The Balaban J connectivity index is 1.85. The summed E-state index contributed by atoms with van der Waals surface area (Å²) < 4.78 is 1.10. The van der Waals surface area contributed by atoms with E-state index in [0.717, 1.165) is 16.6 Å². The second-order valence-electron chi connectivity index (χ2n) is 5.98. The summed E-state index contributed by atoms with van der Waals surface area (Å²) in [5.41, 5.74) is 1.08. The lowest BCUT2D eigenvalue weighted by Gasteiger charge is -2.49. The van der Waals surface area contributed by atoms with Gasteiger partial charge in [0, 0.05) is 21.6 Å². The van der Waals surface area contributed by atoms with Gasteiger partial charge in [-0.1, -0.05) is 41.9 Å². The fraction of sp³-hybridized carbons (Fsp3) is 0.375. The Hall–Kier alpha value is -1.06. The van der Waals surface area contributed by atoms with E-state index in [4.69, 9.17) is 0 Å². The molecule has 0 amide bonds. The van der Waals surface area contributed by atoms with E-state index in [1.54, 1.807) is 0 Å². The minimum absolute atomic E-state index is 0.0470. The number of rotatable bonds is 2. The first-order chi connectivity index (χ1) is 8.96. The van der Waals surface area contributed by atoms with Gasteiger partial charge in [-0.15, -0.1) is 0 Å². The quantitative estimate of drug-likeness (QED) is 0.870. The second-order valence-corrected chi connectivity index (χ2v) is 6.89. The predicted molar refractivity (Wildman–Crippen MR) is 83.5 cm³/mol. The molecule has 1 aliphatic rings. The van der Waals surface area contributed by atoms with Gasteiger partial charge in [0.15, 0.2) is 0 Å². The van der Waals surface area contributed by atoms with E-state index in [2.05, 4.69) is 71.5 Å². The molecule has 1 aliphatic carbocycles. The summed E-state index contributed by atoms with van der Waals surface area (Å²) in [6.07, 6.45) is 0.632. The molecular formula is C16H18BrNO. The number of aliphatic hydroxyl groups excluding tert-OH is 1. The van der Waals surface area contributed by atoms with Crippen LogP contribution >= 0.6 is 15.9 Å². The molecule has 2 unspecified atom stereocenters. The van der Waals surface area contributed by atoms with E-state index < -0.39 is 0 Å². The summed E-state index contributed by atoms with van der Waals surface area (Å²) in [6.45, 7) is 4.22. The van der Waals surface area contributed by atoms with Crippen LogP contribution in [0.1, 0.15) is 20.3 Å². The van der Waals surface area contributed by atoms with Gasteiger partial charge in [-0.3, -0.25) is 0 Å². The minimum atomic E-state index is -0.193. The molecule has 2 aromatic carbocycles. The topological polar surface area (TPSA) is 32.3 Å². The zero-order chi connectivity index (χ0) is 13.6. The number of hydrogen-bond acceptors (Lipinski definition) is 2. The third-order valence-electron chi connectivity index (χ3n) is 4.36. The average Bonchev–Trinajstić information content (AvgIpc) is 2.38. The van der Waals surface area contributed by atoms with E-state index >= 15 is 0 Å². The van der Waals surface area contributed by atoms with Crippen LogP contribution in [0.5, 0.6) is 0 Å². The highest BCUT2D eigenvalue weighted by atomic mass is 79.9.